The van der Waals surface area contributed by atoms with Crippen LogP contribution in [0.15, 0.2) is 18.2 Å². The van der Waals surface area contributed by atoms with Crippen molar-refractivity contribution in [3.8, 4) is 0 Å². The van der Waals surface area contributed by atoms with Crippen LogP contribution in [0.2, 0.25) is 0 Å². The Bertz CT molecular complexity index is 680. The molecule has 26 heavy (non-hydrogen) atoms. The molecule has 1 aromatic carbocycles. The first-order chi connectivity index (χ1) is 12.3. The first kappa shape index (κ1) is 19.9. The summed E-state index contributed by atoms with van der Waals surface area (Å²) in [5.74, 6) is -1.41. The minimum atomic E-state index is -0.599. The zero-order valence-electron chi connectivity index (χ0n) is 15.5. The number of carbonyl (C=O) groups is 3. The standard InChI is InChI=1S/C18H24N2O6/c1-11-8-20(9-12(2)26-11)10-16(21)19-15-7-13(17(22)24-3)5-6-14(15)18(23)25-4/h5-7,11-12H,8-10H2,1-4H3,(H,19,21)/p+1/t11-,12-/m1/s1. The highest BCUT2D eigenvalue weighted by atomic mass is 16.5. The van der Waals surface area contributed by atoms with Gasteiger partial charge in [-0.25, -0.2) is 9.59 Å². The van der Waals surface area contributed by atoms with Gasteiger partial charge in [0.1, 0.15) is 25.3 Å². The van der Waals surface area contributed by atoms with Gasteiger partial charge >= 0.3 is 11.9 Å². The van der Waals surface area contributed by atoms with Gasteiger partial charge in [-0.3, -0.25) is 4.79 Å². The van der Waals surface area contributed by atoms with Crippen molar-refractivity contribution in [1.82, 2.24) is 0 Å². The van der Waals surface area contributed by atoms with Gasteiger partial charge in [0.25, 0.3) is 5.91 Å². The highest BCUT2D eigenvalue weighted by Gasteiger charge is 2.27. The second kappa shape index (κ2) is 8.77. The van der Waals surface area contributed by atoms with Crippen molar-refractivity contribution in [2.45, 2.75) is 26.1 Å². The first-order valence-electron chi connectivity index (χ1n) is 8.43. The summed E-state index contributed by atoms with van der Waals surface area (Å²) < 4.78 is 15.1. The van der Waals surface area contributed by atoms with Crippen LogP contribution in [0.1, 0.15) is 34.6 Å². The van der Waals surface area contributed by atoms with Crippen LogP contribution in [-0.2, 0) is 19.0 Å². The molecule has 1 aliphatic rings. The molecule has 0 aromatic heterocycles. The van der Waals surface area contributed by atoms with Crippen LogP contribution in [0.4, 0.5) is 5.69 Å². The Morgan fingerprint density at radius 1 is 1.12 bits per heavy atom. The Morgan fingerprint density at radius 2 is 1.73 bits per heavy atom. The van der Waals surface area contributed by atoms with Crippen LogP contribution in [0.3, 0.4) is 0 Å². The lowest BCUT2D eigenvalue weighted by Crippen LogP contribution is -3.16. The van der Waals surface area contributed by atoms with E-state index >= 15 is 0 Å². The van der Waals surface area contributed by atoms with Gasteiger partial charge in [-0.1, -0.05) is 0 Å². The van der Waals surface area contributed by atoms with E-state index in [0.29, 0.717) is 0 Å². The highest BCUT2D eigenvalue weighted by Crippen LogP contribution is 2.19. The van der Waals surface area contributed by atoms with E-state index in [1.165, 1.54) is 32.4 Å². The number of ether oxygens (including phenoxy) is 3. The molecule has 0 bridgehead atoms. The van der Waals surface area contributed by atoms with Crippen molar-refractivity contribution < 1.29 is 33.5 Å². The number of benzene rings is 1. The minimum Gasteiger partial charge on any atom is -0.465 e. The number of rotatable bonds is 5. The van der Waals surface area contributed by atoms with Crippen molar-refractivity contribution in [3.63, 3.8) is 0 Å². The summed E-state index contributed by atoms with van der Waals surface area (Å²) in [5.41, 5.74) is 0.627. The van der Waals surface area contributed by atoms with E-state index in [9.17, 15) is 14.4 Å². The van der Waals surface area contributed by atoms with Crippen LogP contribution in [0.25, 0.3) is 0 Å². The summed E-state index contributed by atoms with van der Waals surface area (Å²) in [4.78, 5) is 37.2. The zero-order chi connectivity index (χ0) is 19.3. The van der Waals surface area contributed by atoms with Crippen LogP contribution in [-0.4, -0.2) is 63.9 Å². The number of anilines is 1. The molecule has 1 aliphatic heterocycles. The molecule has 2 rings (SSSR count). The molecule has 1 fully saturated rings. The lowest BCUT2D eigenvalue weighted by molar-refractivity contribution is -0.907. The van der Waals surface area contributed by atoms with Crippen molar-refractivity contribution >= 4 is 23.5 Å². The molecule has 1 saturated heterocycles. The molecule has 0 radical (unpaired) electrons. The zero-order valence-corrected chi connectivity index (χ0v) is 15.5. The van der Waals surface area contributed by atoms with Gasteiger partial charge in [-0.05, 0) is 32.0 Å². The molecular weight excluding hydrogens is 340 g/mol. The lowest BCUT2D eigenvalue weighted by Gasteiger charge is -2.31. The summed E-state index contributed by atoms with van der Waals surface area (Å²) >= 11 is 0. The number of morpholine rings is 1. The lowest BCUT2D eigenvalue weighted by atomic mass is 10.1. The maximum absolute atomic E-state index is 12.5. The van der Waals surface area contributed by atoms with Crippen molar-refractivity contribution in [2.24, 2.45) is 0 Å². The second-order valence-corrected chi connectivity index (χ2v) is 6.38. The molecule has 8 heteroatoms. The number of nitrogens with one attached hydrogen (secondary N) is 2. The van der Waals surface area contributed by atoms with Crippen LogP contribution in [0, 0.1) is 0 Å². The maximum atomic E-state index is 12.5. The van der Waals surface area contributed by atoms with E-state index in [2.05, 4.69) is 10.1 Å². The molecule has 142 valence electrons. The molecule has 1 amide bonds. The van der Waals surface area contributed by atoms with Gasteiger partial charge < -0.3 is 24.4 Å². The Kier molecular flexibility index (Phi) is 6.70. The fourth-order valence-electron chi connectivity index (χ4n) is 3.14. The number of hydrogen-bond donors (Lipinski definition) is 2. The normalized spacial score (nSPS) is 22.4. The predicted molar refractivity (Wildman–Crippen MR) is 93.3 cm³/mol. The first-order valence-corrected chi connectivity index (χ1v) is 8.43. The Hall–Kier alpha value is -2.45. The summed E-state index contributed by atoms with van der Waals surface area (Å²) in [6.45, 7) is 5.64. The van der Waals surface area contributed by atoms with Gasteiger partial charge in [0.2, 0.25) is 0 Å². The van der Waals surface area contributed by atoms with Gasteiger partial charge in [-0.15, -0.1) is 0 Å². The molecule has 0 spiro atoms. The second-order valence-electron chi connectivity index (χ2n) is 6.38. The molecule has 2 N–H and O–H groups in total. The fourth-order valence-corrected chi connectivity index (χ4v) is 3.14. The van der Waals surface area contributed by atoms with Gasteiger partial charge in [0.05, 0.1) is 31.0 Å². The number of methoxy groups -OCH3 is 2. The Balaban J connectivity index is 2.16. The molecule has 0 unspecified atom stereocenters. The minimum absolute atomic E-state index is 0.0785. The molecule has 1 heterocycles. The monoisotopic (exact) mass is 365 g/mol. The van der Waals surface area contributed by atoms with E-state index in [0.717, 1.165) is 18.0 Å². The van der Waals surface area contributed by atoms with Crippen molar-refractivity contribution in [3.05, 3.63) is 29.3 Å². The fraction of sp³-hybridized carbons (Fsp3) is 0.500. The quantitative estimate of drug-likeness (QED) is 0.707. The van der Waals surface area contributed by atoms with Crippen molar-refractivity contribution in [1.29, 1.82) is 0 Å². The third-order valence-corrected chi connectivity index (χ3v) is 4.15. The molecular formula is C18H25N2O6+. The topological polar surface area (TPSA) is 95.4 Å². The third kappa shape index (κ3) is 5.03. The van der Waals surface area contributed by atoms with Gasteiger partial charge in [-0.2, -0.15) is 0 Å². The molecule has 0 aliphatic carbocycles. The maximum Gasteiger partial charge on any atom is 0.339 e. The predicted octanol–water partition coefficient (Wildman–Crippen LogP) is -0.110. The van der Waals surface area contributed by atoms with E-state index in [-0.39, 0.29) is 41.5 Å². The van der Waals surface area contributed by atoms with E-state index < -0.39 is 11.9 Å². The van der Waals surface area contributed by atoms with E-state index in [1.54, 1.807) is 0 Å². The SMILES string of the molecule is COC(=O)c1ccc(C(=O)OC)c(NC(=O)C[NH+]2C[C@@H](C)O[C@H](C)C2)c1. The Morgan fingerprint density at radius 3 is 2.31 bits per heavy atom. The van der Waals surface area contributed by atoms with Crippen molar-refractivity contribution in [2.75, 3.05) is 39.2 Å². The summed E-state index contributed by atoms with van der Waals surface area (Å²) in [6.07, 6.45) is 0.157. The number of quaternary nitrogens is 1. The van der Waals surface area contributed by atoms with E-state index in [1.807, 2.05) is 13.8 Å². The summed E-state index contributed by atoms with van der Waals surface area (Å²) in [5, 5.41) is 2.71. The number of carbonyl (C=O) groups excluding carboxylic acids is 3. The summed E-state index contributed by atoms with van der Waals surface area (Å²) in [6, 6.07) is 4.29. The number of amides is 1. The van der Waals surface area contributed by atoms with E-state index in [4.69, 9.17) is 9.47 Å². The summed E-state index contributed by atoms with van der Waals surface area (Å²) in [7, 11) is 2.52. The average Bonchev–Trinajstić information content (AvgIpc) is 2.59. The van der Waals surface area contributed by atoms with Gasteiger partial charge in [0.15, 0.2) is 6.54 Å². The van der Waals surface area contributed by atoms with Gasteiger partial charge in [0, 0.05) is 0 Å². The molecule has 8 nitrogen and oxygen atoms in total. The number of esters is 2. The smallest absolute Gasteiger partial charge is 0.339 e. The molecule has 1 aromatic rings. The van der Waals surface area contributed by atoms with Crippen LogP contribution >= 0.6 is 0 Å². The number of hydrogen-bond acceptors (Lipinski definition) is 6. The molecule has 2 atom stereocenters. The Labute approximate surface area is 152 Å². The highest BCUT2D eigenvalue weighted by molar-refractivity contribution is 6.03. The largest absolute Gasteiger partial charge is 0.465 e. The molecule has 0 saturated carbocycles. The third-order valence-electron chi connectivity index (χ3n) is 4.15. The van der Waals surface area contributed by atoms with Crippen LogP contribution in [0.5, 0.6) is 0 Å². The van der Waals surface area contributed by atoms with Crippen LogP contribution < -0.4 is 10.2 Å². The average molecular weight is 365 g/mol.